The number of hydrogen-bond donors (Lipinski definition) is 3. The van der Waals surface area contributed by atoms with Crippen molar-refractivity contribution >= 4 is 23.3 Å². The Labute approximate surface area is 192 Å². The average Bonchev–Trinajstić information content (AvgIpc) is 3.31. The lowest BCUT2D eigenvalue weighted by molar-refractivity contribution is -0.137. The van der Waals surface area contributed by atoms with Gasteiger partial charge in [0.25, 0.3) is 5.91 Å². The number of aliphatic hydroxyl groups excluding tert-OH is 1. The highest BCUT2D eigenvalue weighted by Crippen LogP contribution is 2.48. The molecule has 2 fully saturated rings. The molecule has 0 unspecified atom stereocenters. The van der Waals surface area contributed by atoms with Gasteiger partial charge in [0, 0.05) is 49.2 Å². The van der Waals surface area contributed by atoms with Crippen LogP contribution in [0.5, 0.6) is 0 Å². The highest BCUT2D eigenvalue weighted by Gasteiger charge is 2.54. The predicted octanol–water partition coefficient (Wildman–Crippen LogP) is 2.57. The molecule has 0 radical (unpaired) electrons. The number of carbonyl (C=O) groups excluding carboxylic acids is 2. The molecule has 12 heteroatoms. The van der Waals surface area contributed by atoms with Crippen LogP contribution >= 0.6 is 0 Å². The number of alkyl halides is 3. The number of halogens is 3. The molecule has 1 aliphatic heterocycles. The third kappa shape index (κ3) is 3.98. The maximum absolute atomic E-state index is 13.0. The van der Waals surface area contributed by atoms with Gasteiger partial charge in [-0.2, -0.15) is 18.3 Å². The Morgan fingerprint density at radius 1 is 1.21 bits per heavy atom. The molecule has 2 aliphatic rings. The van der Waals surface area contributed by atoms with Crippen LogP contribution in [-0.2, 0) is 12.7 Å². The van der Waals surface area contributed by atoms with Gasteiger partial charge in [0.05, 0.1) is 18.4 Å². The van der Waals surface area contributed by atoms with E-state index in [1.54, 1.807) is 26.4 Å². The van der Waals surface area contributed by atoms with Gasteiger partial charge in [-0.3, -0.25) is 4.79 Å². The summed E-state index contributed by atoms with van der Waals surface area (Å²) in [7, 11) is 0. The molecule has 3 aromatic rings. The third-order valence-corrected chi connectivity index (χ3v) is 6.48. The Morgan fingerprint density at radius 3 is 2.68 bits per heavy atom. The lowest BCUT2D eigenvalue weighted by Gasteiger charge is -2.58. The summed E-state index contributed by atoms with van der Waals surface area (Å²) in [5.41, 5.74) is 0.303. The molecule has 1 saturated carbocycles. The summed E-state index contributed by atoms with van der Waals surface area (Å²) in [5, 5.41) is 18.7. The van der Waals surface area contributed by atoms with E-state index in [0.717, 1.165) is 12.1 Å². The number of amides is 3. The fraction of sp³-hybridized carbons (Fsp3) is 0.409. The van der Waals surface area contributed by atoms with Crippen molar-refractivity contribution in [3.63, 3.8) is 0 Å². The van der Waals surface area contributed by atoms with Gasteiger partial charge in [0.2, 0.25) is 0 Å². The number of carbonyl (C=O) groups is 2. The molecule has 3 amide bonds. The molecular weight excluding hydrogens is 453 g/mol. The minimum absolute atomic E-state index is 0.0499. The molecule has 1 saturated heterocycles. The molecule has 1 aliphatic carbocycles. The van der Waals surface area contributed by atoms with Crippen LogP contribution in [0.15, 0.2) is 42.9 Å². The number of benzene rings is 1. The summed E-state index contributed by atoms with van der Waals surface area (Å²) >= 11 is 0. The average molecular weight is 476 g/mol. The molecule has 0 bridgehead atoms. The molecule has 5 rings (SSSR count). The van der Waals surface area contributed by atoms with Crippen molar-refractivity contribution in [1.82, 2.24) is 24.4 Å². The summed E-state index contributed by atoms with van der Waals surface area (Å²) in [5.74, 6) is -0.128. The lowest BCUT2D eigenvalue weighted by atomic mass is 9.60. The van der Waals surface area contributed by atoms with E-state index in [1.165, 1.54) is 18.3 Å². The van der Waals surface area contributed by atoms with Gasteiger partial charge in [0.1, 0.15) is 11.2 Å². The second kappa shape index (κ2) is 8.05. The van der Waals surface area contributed by atoms with E-state index in [4.69, 9.17) is 0 Å². The first-order valence-electron chi connectivity index (χ1n) is 10.8. The van der Waals surface area contributed by atoms with Crippen molar-refractivity contribution in [2.24, 2.45) is 5.41 Å². The number of aromatic nitrogens is 3. The Kier molecular flexibility index (Phi) is 5.27. The molecule has 34 heavy (non-hydrogen) atoms. The second-order valence-electron chi connectivity index (χ2n) is 8.98. The van der Waals surface area contributed by atoms with E-state index in [-0.39, 0.29) is 29.7 Å². The zero-order valence-electron chi connectivity index (χ0n) is 18.0. The Morgan fingerprint density at radius 2 is 1.97 bits per heavy atom. The van der Waals surface area contributed by atoms with E-state index in [9.17, 15) is 27.9 Å². The van der Waals surface area contributed by atoms with Gasteiger partial charge < -0.3 is 25.2 Å². The summed E-state index contributed by atoms with van der Waals surface area (Å²) in [6.07, 6.45) is 1.92. The van der Waals surface area contributed by atoms with Crippen molar-refractivity contribution in [3.8, 4) is 0 Å². The van der Waals surface area contributed by atoms with Crippen molar-refractivity contribution in [3.05, 3.63) is 54.0 Å². The zero-order valence-corrected chi connectivity index (χ0v) is 18.0. The van der Waals surface area contributed by atoms with Crippen LogP contribution in [0.2, 0.25) is 0 Å². The van der Waals surface area contributed by atoms with E-state index >= 15 is 0 Å². The summed E-state index contributed by atoms with van der Waals surface area (Å²) < 4.78 is 41.9. The Hall–Kier alpha value is -3.54. The maximum atomic E-state index is 13.0. The minimum Gasteiger partial charge on any atom is -0.395 e. The Balaban J connectivity index is 1.13. The number of nitrogens with one attached hydrogen (secondary N) is 2. The number of fused-ring (bicyclic) bond motifs is 1. The zero-order chi connectivity index (χ0) is 24.1. The topological polar surface area (TPSA) is 104 Å². The summed E-state index contributed by atoms with van der Waals surface area (Å²) in [6, 6.07) is 3.82. The van der Waals surface area contributed by atoms with E-state index < -0.39 is 17.8 Å². The van der Waals surface area contributed by atoms with Crippen LogP contribution in [0, 0.1) is 5.41 Å². The van der Waals surface area contributed by atoms with Crippen molar-refractivity contribution in [1.29, 1.82) is 0 Å². The monoisotopic (exact) mass is 476 g/mol. The first-order chi connectivity index (χ1) is 16.2. The molecule has 2 aromatic heterocycles. The Bertz CT molecular complexity index is 1240. The maximum Gasteiger partial charge on any atom is 0.416 e. The fourth-order valence-corrected chi connectivity index (χ4v) is 4.95. The number of imidazole rings is 1. The molecule has 3 N–H and O–H groups in total. The van der Waals surface area contributed by atoms with Crippen molar-refractivity contribution in [2.75, 3.05) is 25.0 Å². The van der Waals surface area contributed by atoms with Crippen molar-refractivity contribution in [2.45, 2.75) is 31.6 Å². The SMILES string of the molecule is O=C(Nc1cccc(C(F)(F)F)c1)NC1CC2(C1)CN(C(=O)c1cnn3ccn(CCO)c13)C2. The quantitative estimate of drug-likeness (QED) is 0.527. The first kappa shape index (κ1) is 22.3. The van der Waals surface area contributed by atoms with Crippen LogP contribution in [-0.4, -0.2) is 61.9 Å². The third-order valence-electron chi connectivity index (χ3n) is 6.48. The van der Waals surface area contributed by atoms with Gasteiger partial charge in [-0.25, -0.2) is 9.31 Å². The first-order valence-corrected chi connectivity index (χ1v) is 10.8. The van der Waals surface area contributed by atoms with E-state index in [2.05, 4.69) is 15.7 Å². The number of nitrogens with zero attached hydrogens (tertiary/aromatic N) is 4. The molecule has 0 atom stereocenters. The number of anilines is 1. The number of rotatable bonds is 5. The summed E-state index contributed by atoms with van der Waals surface area (Å²) in [6.45, 7) is 1.45. The van der Waals surface area contributed by atoms with Crippen LogP contribution < -0.4 is 10.6 Å². The molecule has 1 spiro atoms. The lowest BCUT2D eigenvalue weighted by Crippen LogP contribution is -2.67. The summed E-state index contributed by atoms with van der Waals surface area (Å²) in [4.78, 5) is 26.9. The standard InChI is InChI=1S/C22H23F3N6O3/c23-22(24,25)14-2-1-3-15(8-14)27-20(34)28-16-9-21(10-16)12-30(13-21)19(33)17-11-26-31-5-4-29(6-7-32)18(17)31/h1-5,8,11,16,32H,6-7,9-10,12-13H2,(H2,27,28,34). The highest BCUT2D eigenvalue weighted by atomic mass is 19.4. The number of aliphatic hydroxyl groups is 1. The van der Waals surface area contributed by atoms with Crippen LogP contribution in [0.3, 0.4) is 0 Å². The van der Waals surface area contributed by atoms with Gasteiger partial charge in [0.15, 0.2) is 0 Å². The van der Waals surface area contributed by atoms with E-state index in [1.807, 2.05) is 0 Å². The smallest absolute Gasteiger partial charge is 0.395 e. The number of hydrogen-bond acceptors (Lipinski definition) is 4. The second-order valence-corrected chi connectivity index (χ2v) is 8.98. The van der Waals surface area contributed by atoms with Crippen LogP contribution in [0.25, 0.3) is 5.65 Å². The predicted molar refractivity (Wildman–Crippen MR) is 115 cm³/mol. The molecule has 3 heterocycles. The normalized spacial score (nSPS) is 17.5. The van der Waals surface area contributed by atoms with Gasteiger partial charge >= 0.3 is 12.2 Å². The van der Waals surface area contributed by atoms with E-state index in [0.29, 0.717) is 43.7 Å². The molecular formula is C22H23F3N6O3. The van der Waals surface area contributed by atoms with Crippen LogP contribution in [0.1, 0.15) is 28.8 Å². The minimum atomic E-state index is -4.48. The van der Waals surface area contributed by atoms with Gasteiger partial charge in [-0.1, -0.05) is 6.07 Å². The van der Waals surface area contributed by atoms with Crippen LogP contribution in [0.4, 0.5) is 23.7 Å². The van der Waals surface area contributed by atoms with Gasteiger partial charge in [-0.05, 0) is 31.0 Å². The number of urea groups is 1. The van der Waals surface area contributed by atoms with Crippen molar-refractivity contribution < 1.29 is 27.9 Å². The number of likely N-dealkylation sites (tertiary alicyclic amines) is 1. The molecule has 1 aromatic carbocycles. The van der Waals surface area contributed by atoms with Gasteiger partial charge in [-0.15, -0.1) is 0 Å². The molecule has 180 valence electrons. The highest BCUT2D eigenvalue weighted by molar-refractivity contribution is 6.00. The molecule has 9 nitrogen and oxygen atoms in total. The largest absolute Gasteiger partial charge is 0.416 e. The fourth-order valence-electron chi connectivity index (χ4n) is 4.95.